The van der Waals surface area contributed by atoms with Gasteiger partial charge in [-0.25, -0.2) is 9.99 Å². The minimum atomic E-state index is -0.131. The summed E-state index contributed by atoms with van der Waals surface area (Å²) in [4.78, 5) is 16.4. The molecule has 0 bridgehead atoms. The lowest BCUT2D eigenvalue weighted by atomic mass is 10.00. The summed E-state index contributed by atoms with van der Waals surface area (Å²) in [6, 6.07) is 4.40. The zero-order valence-corrected chi connectivity index (χ0v) is 12.5. The van der Waals surface area contributed by atoms with E-state index in [0.717, 1.165) is 25.1 Å². The number of nitrogens with zero attached hydrogens (tertiary/aromatic N) is 2. The summed E-state index contributed by atoms with van der Waals surface area (Å²) < 4.78 is 0. The van der Waals surface area contributed by atoms with Crippen LogP contribution < -0.4 is 10.7 Å². The molecule has 2 N–H and O–H groups in total. The number of hydrazine groups is 1. The lowest BCUT2D eigenvalue weighted by Gasteiger charge is -2.38. The molecule has 1 fully saturated rings. The van der Waals surface area contributed by atoms with Crippen molar-refractivity contribution in [2.24, 2.45) is 0 Å². The summed E-state index contributed by atoms with van der Waals surface area (Å²) >= 11 is 0. The van der Waals surface area contributed by atoms with Gasteiger partial charge in [-0.2, -0.15) is 0 Å². The lowest BCUT2D eigenvalue weighted by Crippen LogP contribution is -2.54. The second kappa shape index (κ2) is 6.70. The Morgan fingerprint density at radius 3 is 2.60 bits per heavy atom. The minimum absolute atomic E-state index is 0.131. The zero-order chi connectivity index (χ0) is 14.5. The van der Waals surface area contributed by atoms with Crippen molar-refractivity contribution in [1.29, 1.82) is 0 Å². The van der Waals surface area contributed by atoms with Gasteiger partial charge in [0, 0.05) is 18.6 Å². The van der Waals surface area contributed by atoms with Gasteiger partial charge in [-0.15, -0.1) is 0 Å². The number of amides is 1. The fourth-order valence-corrected chi connectivity index (χ4v) is 2.65. The van der Waals surface area contributed by atoms with E-state index in [1.165, 1.54) is 6.42 Å². The Morgan fingerprint density at radius 2 is 2.05 bits per heavy atom. The summed E-state index contributed by atoms with van der Waals surface area (Å²) in [7, 11) is 0. The molecule has 1 aliphatic heterocycles. The van der Waals surface area contributed by atoms with Gasteiger partial charge in [0.15, 0.2) is 0 Å². The summed E-state index contributed by atoms with van der Waals surface area (Å²) in [6.07, 6.45) is 5.17. The Hall–Kier alpha value is -1.62. The van der Waals surface area contributed by atoms with Gasteiger partial charge in [0.2, 0.25) is 0 Å². The highest BCUT2D eigenvalue weighted by atomic mass is 16.2. The Balaban J connectivity index is 2.00. The predicted molar refractivity (Wildman–Crippen MR) is 80.5 cm³/mol. The number of nitrogens with one attached hydrogen (secondary N) is 2. The van der Waals surface area contributed by atoms with Crippen molar-refractivity contribution in [3.05, 3.63) is 24.0 Å². The molecule has 5 heteroatoms. The van der Waals surface area contributed by atoms with Gasteiger partial charge >= 0.3 is 0 Å². The van der Waals surface area contributed by atoms with E-state index in [0.29, 0.717) is 17.8 Å². The number of rotatable bonds is 4. The number of hydrogen-bond acceptors (Lipinski definition) is 4. The maximum Gasteiger partial charge on any atom is 0.284 e. The van der Waals surface area contributed by atoms with Crippen LogP contribution in [0, 0.1) is 0 Å². The van der Waals surface area contributed by atoms with Crippen molar-refractivity contribution in [2.45, 2.75) is 52.1 Å². The van der Waals surface area contributed by atoms with E-state index >= 15 is 0 Å². The third-order valence-electron chi connectivity index (χ3n) is 3.80. The SMILES string of the molecule is CCNc1ccc(C(=O)NN2C(C)CCCC2C)nc1. The lowest BCUT2D eigenvalue weighted by molar-refractivity contribution is 0.0366. The highest BCUT2D eigenvalue weighted by Gasteiger charge is 2.26. The fraction of sp³-hybridized carbons (Fsp3) is 0.600. The van der Waals surface area contributed by atoms with Crippen LogP contribution >= 0.6 is 0 Å². The van der Waals surface area contributed by atoms with Crippen LogP contribution in [0.1, 0.15) is 50.5 Å². The molecule has 1 aromatic heterocycles. The molecule has 0 aliphatic carbocycles. The first kappa shape index (κ1) is 14.8. The Labute approximate surface area is 120 Å². The van der Waals surface area contributed by atoms with Crippen LogP contribution in [0.4, 0.5) is 5.69 Å². The molecule has 5 nitrogen and oxygen atoms in total. The molecule has 1 aromatic rings. The molecule has 1 amide bonds. The third-order valence-corrected chi connectivity index (χ3v) is 3.80. The summed E-state index contributed by atoms with van der Waals surface area (Å²) in [5.74, 6) is -0.131. The summed E-state index contributed by atoms with van der Waals surface area (Å²) in [5, 5.41) is 5.23. The average Bonchev–Trinajstić information content (AvgIpc) is 2.44. The molecule has 2 heterocycles. The van der Waals surface area contributed by atoms with Gasteiger partial charge in [-0.3, -0.25) is 10.2 Å². The number of anilines is 1. The first-order valence-corrected chi connectivity index (χ1v) is 7.41. The first-order valence-electron chi connectivity index (χ1n) is 7.41. The van der Waals surface area contributed by atoms with Crippen LogP contribution in [0.2, 0.25) is 0 Å². The summed E-state index contributed by atoms with van der Waals surface area (Å²) in [5.41, 5.74) is 4.39. The molecule has 110 valence electrons. The zero-order valence-electron chi connectivity index (χ0n) is 12.5. The van der Waals surface area contributed by atoms with E-state index in [-0.39, 0.29) is 5.91 Å². The monoisotopic (exact) mass is 276 g/mol. The molecule has 2 rings (SSSR count). The molecule has 0 aromatic carbocycles. The van der Waals surface area contributed by atoms with Gasteiger partial charge in [-0.05, 0) is 45.7 Å². The third kappa shape index (κ3) is 3.48. The van der Waals surface area contributed by atoms with Crippen LogP contribution in [0.15, 0.2) is 18.3 Å². The average molecular weight is 276 g/mol. The second-order valence-electron chi connectivity index (χ2n) is 5.44. The van der Waals surface area contributed by atoms with Gasteiger partial charge in [-0.1, -0.05) is 6.42 Å². The molecule has 1 aliphatic rings. The van der Waals surface area contributed by atoms with Crippen molar-refractivity contribution in [3.8, 4) is 0 Å². The first-order chi connectivity index (χ1) is 9.61. The number of carbonyl (C=O) groups is 1. The van der Waals surface area contributed by atoms with E-state index < -0.39 is 0 Å². The fourth-order valence-electron chi connectivity index (χ4n) is 2.65. The number of pyridine rings is 1. The van der Waals surface area contributed by atoms with Crippen molar-refractivity contribution in [1.82, 2.24) is 15.4 Å². The number of carbonyl (C=O) groups excluding carboxylic acids is 1. The number of piperidine rings is 1. The Bertz CT molecular complexity index is 436. The van der Waals surface area contributed by atoms with E-state index in [9.17, 15) is 4.79 Å². The molecule has 2 atom stereocenters. The van der Waals surface area contributed by atoms with Crippen molar-refractivity contribution < 1.29 is 4.79 Å². The van der Waals surface area contributed by atoms with Crippen molar-refractivity contribution in [3.63, 3.8) is 0 Å². The van der Waals surface area contributed by atoms with Gasteiger partial charge in [0.1, 0.15) is 5.69 Å². The molecule has 0 radical (unpaired) electrons. The largest absolute Gasteiger partial charge is 0.384 e. The number of hydrogen-bond donors (Lipinski definition) is 2. The Morgan fingerprint density at radius 1 is 1.35 bits per heavy atom. The van der Waals surface area contributed by atoms with Gasteiger partial charge < -0.3 is 5.32 Å². The topological polar surface area (TPSA) is 57.3 Å². The van der Waals surface area contributed by atoms with Crippen LogP contribution in [0.3, 0.4) is 0 Å². The standard InChI is InChI=1S/C15H24N4O/c1-4-16-13-8-9-14(17-10-13)15(20)18-19-11(2)6-5-7-12(19)3/h8-12,16H,4-7H2,1-3H3,(H,18,20). The van der Waals surface area contributed by atoms with E-state index in [2.05, 4.69) is 34.6 Å². The maximum absolute atomic E-state index is 12.2. The Kier molecular flexibility index (Phi) is 4.95. The quantitative estimate of drug-likeness (QED) is 0.886. The molecule has 0 spiro atoms. The van der Waals surface area contributed by atoms with E-state index in [4.69, 9.17) is 0 Å². The van der Waals surface area contributed by atoms with Crippen molar-refractivity contribution in [2.75, 3.05) is 11.9 Å². The van der Waals surface area contributed by atoms with Crippen LogP contribution in [-0.2, 0) is 0 Å². The molecule has 0 saturated carbocycles. The maximum atomic E-state index is 12.2. The summed E-state index contributed by atoms with van der Waals surface area (Å²) in [6.45, 7) is 7.17. The molecule has 1 saturated heterocycles. The second-order valence-corrected chi connectivity index (χ2v) is 5.44. The van der Waals surface area contributed by atoms with E-state index in [1.807, 2.05) is 13.0 Å². The predicted octanol–water partition coefficient (Wildman–Crippen LogP) is 2.42. The van der Waals surface area contributed by atoms with Gasteiger partial charge in [0.25, 0.3) is 5.91 Å². The highest BCUT2D eigenvalue weighted by Crippen LogP contribution is 2.20. The molecular weight excluding hydrogens is 252 g/mol. The highest BCUT2D eigenvalue weighted by molar-refractivity contribution is 5.92. The normalized spacial score (nSPS) is 23.4. The molecular formula is C15H24N4O. The van der Waals surface area contributed by atoms with Crippen LogP contribution in [0.25, 0.3) is 0 Å². The van der Waals surface area contributed by atoms with Gasteiger partial charge in [0.05, 0.1) is 11.9 Å². The smallest absolute Gasteiger partial charge is 0.284 e. The molecule has 2 unspecified atom stereocenters. The van der Waals surface area contributed by atoms with E-state index in [1.54, 1.807) is 12.3 Å². The molecule has 20 heavy (non-hydrogen) atoms. The van der Waals surface area contributed by atoms with Crippen molar-refractivity contribution >= 4 is 11.6 Å². The van der Waals surface area contributed by atoms with Crippen LogP contribution in [-0.4, -0.2) is 34.5 Å². The van der Waals surface area contributed by atoms with Crippen LogP contribution in [0.5, 0.6) is 0 Å². The minimum Gasteiger partial charge on any atom is -0.384 e. The number of aromatic nitrogens is 1.